The first-order valence-corrected chi connectivity index (χ1v) is 14.0. The minimum Gasteiger partial charge on any atom is -0.507 e. The number of ether oxygens (including phenoxy) is 3. The summed E-state index contributed by atoms with van der Waals surface area (Å²) in [4.78, 5) is 33.3. The molecule has 1 saturated heterocycles. The molecule has 40 heavy (non-hydrogen) atoms. The number of thiazole rings is 1. The van der Waals surface area contributed by atoms with Crippen LogP contribution in [-0.2, 0) is 16.0 Å². The fraction of sp³-hybridized carbons (Fsp3) is 0.258. The Morgan fingerprint density at radius 2 is 1.88 bits per heavy atom. The Balaban J connectivity index is 1.49. The molecule has 0 radical (unpaired) electrons. The molecule has 4 aromatic rings. The lowest BCUT2D eigenvalue weighted by Gasteiger charge is -2.23. The number of anilines is 1. The number of aliphatic hydroxyl groups excluding tert-OH is 1. The van der Waals surface area contributed by atoms with Crippen LogP contribution in [0.4, 0.5) is 5.13 Å². The summed E-state index contributed by atoms with van der Waals surface area (Å²) < 4.78 is 17.7. The molecule has 1 aromatic heterocycles. The average Bonchev–Trinajstić information content (AvgIpc) is 3.63. The van der Waals surface area contributed by atoms with Gasteiger partial charge in [-0.3, -0.25) is 14.5 Å². The van der Waals surface area contributed by atoms with E-state index in [2.05, 4.69) is 4.98 Å². The second kappa shape index (κ2) is 10.3. The van der Waals surface area contributed by atoms with E-state index in [0.29, 0.717) is 46.3 Å². The van der Waals surface area contributed by atoms with E-state index < -0.39 is 17.7 Å². The normalized spacial score (nSPS) is 19.6. The first-order valence-electron chi connectivity index (χ1n) is 13.2. The third-order valence-corrected chi connectivity index (χ3v) is 8.09. The quantitative estimate of drug-likeness (QED) is 0.168. The standard InChI is InChI=1S/C31H28N2O6S/c1-4-13-38-21-8-5-18(6-9-21)27-26(28(34)19-7-12-24-20(15-19)14-17(2)39-24)29(35)30(36)33(27)31-32-23-11-10-22(37-3)16-25(23)40-31/h5-12,15-17,27,34H,4,13-14H2,1-3H3/b28-26+/t17-,27-/m1/s1. The van der Waals surface area contributed by atoms with Crippen molar-refractivity contribution >= 4 is 44.1 Å². The third kappa shape index (κ3) is 4.46. The molecule has 9 heteroatoms. The van der Waals surface area contributed by atoms with Crippen LogP contribution in [0.5, 0.6) is 17.2 Å². The summed E-state index contributed by atoms with van der Waals surface area (Å²) in [6.45, 7) is 4.58. The maximum atomic E-state index is 13.6. The Morgan fingerprint density at radius 3 is 2.62 bits per heavy atom. The van der Waals surface area contributed by atoms with Gasteiger partial charge in [0.15, 0.2) is 5.13 Å². The molecule has 2 aliphatic heterocycles. The maximum absolute atomic E-state index is 13.6. The zero-order chi connectivity index (χ0) is 28.0. The highest BCUT2D eigenvalue weighted by molar-refractivity contribution is 7.22. The molecule has 2 atom stereocenters. The van der Waals surface area contributed by atoms with Gasteiger partial charge in [0.2, 0.25) is 0 Å². The number of benzene rings is 3. The molecule has 0 spiro atoms. The molecular formula is C31H28N2O6S. The van der Waals surface area contributed by atoms with E-state index in [-0.39, 0.29) is 17.4 Å². The van der Waals surface area contributed by atoms with Gasteiger partial charge in [-0.2, -0.15) is 0 Å². The van der Waals surface area contributed by atoms with Crippen molar-refractivity contribution in [3.05, 3.63) is 82.9 Å². The lowest BCUT2D eigenvalue weighted by atomic mass is 9.94. The van der Waals surface area contributed by atoms with Crippen LogP contribution in [0.1, 0.15) is 43.0 Å². The van der Waals surface area contributed by atoms with Crippen molar-refractivity contribution in [2.75, 3.05) is 18.6 Å². The topological polar surface area (TPSA) is 98.2 Å². The summed E-state index contributed by atoms with van der Waals surface area (Å²) in [6, 6.07) is 17.1. The van der Waals surface area contributed by atoms with Gasteiger partial charge in [-0.05, 0) is 73.0 Å². The Morgan fingerprint density at radius 1 is 1.10 bits per heavy atom. The van der Waals surface area contributed by atoms with Crippen molar-refractivity contribution in [3.8, 4) is 17.2 Å². The molecule has 3 aromatic carbocycles. The van der Waals surface area contributed by atoms with Gasteiger partial charge in [0.25, 0.3) is 5.78 Å². The molecule has 204 valence electrons. The fourth-order valence-corrected chi connectivity index (χ4v) is 6.18. The predicted octanol–water partition coefficient (Wildman–Crippen LogP) is 6.04. The van der Waals surface area contributed by atoms with Gasteiger partial charge in [0, 0.05) is 12.0 Å². The first kappa shape index (κ1) is 25.9. The molecule has 8 nitrogen and oxygen atoms in total. The molecule has 0 bridgehead atoms. The number of fused-ring (bicyclic) bond motifs is 2. The highest BCUT2D eigenvalue weighted by atomic mass is 32.1. The third-order valence-electron chi connectivity index (χ3n) is 7.07. The zero-order valence-corrected chi connectivity index (χ0v) is 23.2. The van der Waals surface area contributed by atoms with E-state index in [1.807, 2.05) is 56.3 Å². The van der Waals surface area contributed by atoms with Gasteiger partial charge in [-0.25, -0.2) is 4.98 Å². The van der Waals surface area contributed by atoms with Gasteiger partial charge in [0.05, 0.1) is 35.5 Å². The van der Waals surface area contributed by atoms with E-state index in [1.54, 1.807) is 25.3 Å². The molecule has 0 saturated carbocycles. The van der Waals surface area contributed by atoms with E-state index >= 15 is 0 Å². The molecular weight excluding hydrogens is 528 g/mol. The smallest absolute Gasteiger partial charge is 0.301 e. The number of nitrogens with zero attached hydrogens (tertiary/aromatic N) is 2. The van der Waals surface area contributed by atoms with Crippen molar-refractivity contribution in [1.82, 2.24) is 4.98 Å². The minimum absolute atomic E-state index is 0.0102. The Bertz CT molecular complexity index is 1660. The number of carbonyl (C=O) groups is 2. The van der Waals surface area contributed by atoms with Crippen LogP contribution < -0.4 is 19.1 Å². The van der Waals surface area contributed by atoms with Crippen LogP contribution in [0.2, 0.25) is 0 Å². The SMILES string of the molecule is CCCOc1ccc([C@@H]2/C(=C(\O)c3ccc4c(c3)C[C@@H](C)O4)C(=O)C(=O)N2c2nc3ccc(OC)cc3s2)cc1. The summed E-state index contributed by atoms with van der Waals surface area (Å²) in [5.41, 5.74) is 2.74. The summed E-state index contributed by atoms with van der Waals surface area (Å²) in [5.74, 6) is 0.356. The minimum atomic E-state index is -0.883. The Labute approximate surface area is 235 Å². The molecule has 1 fully saturated rings. The predicted molar refractivity (Wildman–Crippen MR) is 153 cm³/mol. The van der Waals surface area contributed by atoms with Crippen molar-refractivity contribution in [2.24, 2.45) is 0 Å². The molecule has 1 amide bonds. The summed E-state index contributed by atoms with van der Waals surface area (Å²) in [6.07, 6.45) is 1.60. The highest BCUT2D eigenvalue weighted by Crippen LogP contribution is 2.45. The molecule has 0 unspecified atom stereocenters. The molecule has 3 heterocycles. The van der Waals surface area contributed by atoms with Crippen LogP contribution in [0.15, 0.2) is 66.2 Å². The van der Waals surface area contributed by atoms with Crippen molar-refractivity contribution in [1.29, 1.82) is 0 Å². The number of rotatable bonds is 7. The molecule has 6 rings (SSSR count). The average molecular weight is 557 g/mol. The van der Waals surface area contributed by atoms with E-state index in [1.165, 1.54) is 16.2 Å². The number of hydrogen-bond donors (Lipinski definition) is 1. The number of aromatic nitrogens is 1. The highest BCUT2D eigenvalue weighted by Gasteiger charge is 2.48. The van der Waals surface area contributed by atoms with Crippen molar-refractivity contribution in [2.45, 2.75) is 38.8 Å². The number of carbonyl (C=O) groups excluding carboxylic acids is 2. The van der Waals surface area contributed by atoms with Gasteiger partial charge in [-0.15, -0.1) is 0 Å². The second-order valence-corrected chi connectivity index (χ2v) is 10.9. The van der Waals surface area contributed by atoms with Gasteiger partial charge in [-0.1, -0.05) is 30.4 Å². The number of hydrogen-bond acceptors (Lipinski definition) is 8. The second-order valence-electron chi connectivity index (χ2n) is 9.87. The lowest BCUT2D eigenvalue weighted by molar-refractivity contribution is -0.132. The van der Waals surface area contributed by atoms with Crippen LogP contribution in [-0.4, -0.2) is 41.6 Å². The number of Topliss-reactive ketones (excluding diaryl/α,β-unsaturated/α-hetero) is 1. The molecule has 2 aliphatic rings. The summed E-state index contributed by atoms with van der Waals surface area (Å²) in [7, 11) is 1.58. The van der Waals surface area contributed by atoms with Crippen LogP contribution in [0.3, 0.4) is 0 Å². The molecule has 1 N–H and O–H groups in total. The van der Waals surface area contributed by atoms with Gasteiger partial charge < -0.3 is 19.3 Å². The Hall–Kier alpha value is -4.37. The number of ketones is 1. The van der Waals surface area contributed by atoms with Gasteiger partial charge in [0.1, 0.15) is 29.1 Å². The number of amides is 1. The van der Waals surface area contributed by atoms with Crippen molar-refractivity contribution in [3.63, 3.8) is 0 Å². The fourth-order valence-electron chi connectivity index (χ4n) is 5.16. The first-order chi connectivity index (χ1) is 19.4. The van der Waals surface area contributed by atoms with Crippen LogP contribution in [0, 0.1) is 0 Å². The maximum Gasteiger partial charge on any atom is 0.301 e. The summed E-state index contributed by atoms with van der Waals surface area (Å²) >= 11 is 1.28. The van der Waals surface area contributed by atoms with E-state index in [0.717, 1.165) is 22.4 Å². The van der Waals surface area contributed by atoms with Crippen LogP contribution >= 0.6 is 11.3 Å². The lowest BCUT2D eigenvalue weighted by Crippen LogP contribution is -2.29. The van der Waals surface area contributed by atoms with Crippen LogP contribution in [0.25, 0.3) is 16.0 Å². The largest absolute Gasteiger partial charge is 0.507 e. The van der Waals surface area contributed by atoms with E-state index in [4.69, 9.17) is 14.2 Å². The monoisotopic (exact) mass is 556 g/mol. The van der Waals surface area contributed by atoms with E-state index in [9.17, 15) is 14.7 Å². The van der Waals surface area contributed by atoms with Crippen molar-refractivity contribution < 1.29 is 28.9 Å². The number of methoxy groups -OCH3 is 1. The summed E-state index contributed by atoms with van der Waals surface area (Å²) in [5, 5.41) is 11.9. The number of aliphatic hydroxyl groups is 1. The van der Waals surface area contributed by atoms with Gasteiger partial charge >= 0.3 is 5.91 Å². The zero-order valence-electron chi connectivity index (χ0n) is 22.3. The Kier molecular flexibility index (Phi) is 6.67. The molecule has 0 aliphatic carbocycles.